The summed E-state index contributed by atoms with van der Waals surface area (Å²) in [5.74, 6) is 0.611. The van der Waals surface area contributed by atoms with Gasteiger partial charge in [0.25, 0.3) is 15.9 Å². The lowest BCUT2D eigenvalue weighted by Crippen LogP contribution is -2.15. The number of carbonyl (C=O) groups is 1. The Morgan fingerprint density at radius 2 is 1.97 bits per heavy atom. The minimum absolute atomic E-state index is 0.00311. The van der Waals surface area contributed by atoms with Gasteiger partial charge in [-0.3, -0.25) is 9.52 Å². The average Bonchev–Trinajstić information content (AvgIpc) is 3.11. The first-order valence-electron chi connectivity index (χ1n) is 8.58. The van der Waals surface area contributed by atoms with Gasteiger partial charge >= 0.3 is 0 Å². The fraction of sp³-hybridized carbons (Fsp3) is 0.158. The monoisotopic (exact) mass is 479 g/mol. The topological polar surface area (TPSA) is 111 Å². The van der Waals surface area contributed by atoms with E-state index in [0.29, 0.717) is 34.0 Å². The highest BCUT2D eigenvalue weighted by atomic mass is 79.9. The van der Waals surface area contributed by atoms with Gasteiger partial charge in [-0.05, 0) is 66.2 Å². The predicted octanol–water partition coefficient (Wildman–Crippen LogP) is 4.20. The summed E-state index contributed by atoms with van der Waals surface area (Å²) in [5.41, 5.74) is 0.785. The number of ether oxygens (including phenoxy) is 1. The van der Waals surface area contributed by atoms with E-state index in [4.69, 9.17) is 9.26 Å². The number of halogens is 1. The number of rotatable bonds is 7. The largest absolute Gasteiger partial charge is 0.493 e. The van der Waals surface area contributed by atoms with Crippen molar-refractivity contribution in [3.8, 4) is 5.75 Å². The zero-order valence-electron chi connectivity index (χ0n) is 15.6. The number of amides is 1. The molecule has 0 saturated heterocycles. The molecule has 0 saturated carbocycles. The maximum absolute atomic E-state index is 12.7. The second-order valence-corrected chi connectivity index (χ2v) is 8.53. The molecule has 1 aromatic heterocycles. The summed E-state index contributed by atoms with van der Waals surface area (Å²) in [6, 6.07) is 12.3. The van der Waals surface area contributed by atoms with Crippen LogP contribution in [-0.4, -0.2) is 26.1 Å². The van der Waals surface area contributed by atoms with Crippen molar-refractivity contribution in [2.45, 2.75) is 18.7 Å². The van der Waals surface area contributed by atoms with Gasteiger partial charge in [-0.1, -0.05) is 11.2 Å². The second kappa shape index (κ2) is 8.66. The third kappa shape index (κ3) is 5.15. The molecule has 0 aliphatic carbocycles. The van der Waals surface area contributed by atoms with Crippen LogP contribution in [0.1, 0.15) is 23.2 Å². The van der Waals surface area contributed by atoms with Crippen LogP contribution in [0.4, 0.5) is 11.4 Å². The van der Waals surface area contributed by atoms with Crippen molar-refractivity contribution in [3.05, 3.63) is 64.5 Å². The Hall–Kier alpha value is -2.85. The Morgan fingerprint density at radius 3 is 2.62 bits per heavy atom. The fourth-order valence-corrected chi connectivity index (χ4v) is 4.05. The van der Waals surface area contributed by atoms with Crippen LogP contribution in [0.3, 0.4) is 0 Å². The Morgan fingerprint density at radius 1 is 1.17 bits per heavy atom. The van der Waals surface area contributed by atoms with E-state index >= 15 is 0 Å². The summed E-state index contributed by atoms with van der Waals surface area (Å²) < 4.78 is 38.9. The van der Waals surface area contributed by atoms with Crippen LogP contribution in [0.15, 0.2) is 62.4 Å². The van der Waals surface area contributed by atoms with E-state index in [9.17, 15) is 13.2 Å². The molecule has 152 valence electrons. The number of nitrogens with zero attached hydrogens (tertiary/aromatic N) is 1. The highest BCUT2D eigenvalue weighted by Gasteiger charge is 2.17. The number of aromatic nitrogens is 1. The van der Waals surface area contributed by atoms with Crippen LogP contribution in [0.5, 0.6) is 5.75 Å². The van der Waals surface area contributed by atoms with Crippen molar-refractivity contribution >= 4 is 43.2 Å². The number of hydrogen-bond donors (Lipinski definition) is 2. The third-order valence-electron chi connectivity index (χ3n) is 3.75. The molecule has 0 aliphatic rings. The van der Waals surface area contributed by atoms with Gasteiger partial charge < -0.3 is 14.6 Å². The predicted molar refractivity (Wildman–Crippen MR) is 112 cm³/mol. The summed E-state index contributed by atoms with van der Waals surface area (Å²) in [7, 11) is -3.87. The smallest absolute Gasteiger partial charge is 0.277 e. The second-order valence-electron chi connectivity index (χ2n) is 5.99. The summed E-state index contributed by atoms with van der Waals surface area (Å²) in [5, 5.41) is 6.24. The van der Waals surface area contributed by atoms with Gasteiger partial charge in [0.05, 0.1) is 21.7 Å². The first-order chi connectivity index (χ1) is 13.8. The molecule has 0 unspecified atom stereocenters. The van der Waals surface area contributed by atoms with Gasteiger partial charge in [-0.2, -0.15) is 0 Å². The van der Waals surface area contributed by atoms with E-state index in [2.05, 4.69) is 31.1 Å². The fourth-order valence-electron chi connectivity index (χ4n) is 2.46. The first-order valence-corrected chi connectivity index (χ1v) is 10.9. The lowest BCUT2D eigenvalue weighted by molar-refractivity contribution is 0.101. The lowest BCUT2D eigenvalue weighted by Gasteiger charge is -2.12. The van der Waals surface area contributed by atoms with Crippen LogP contribution in [0, 0.1) is 6.92 Å². The van der Waals surface area contributed by atoms with E-state index in [1.807, 2.05) is 6.92 Å². The van der Waals surface area contributed by atoms with Crippen molar-refractivity contribution in [2.75, 3.05) is 16.6 Å². The third-order valence-corrected chi connectivity index (χ3v) is 5.75. The number of sulfonamides is 1. The van der Waals surface area contributed by atoms with Crippen molar-refractivity contribution in [3.63, 3.8) is 0 Å². The zero-order chi connectivity index (χ0) is 21.0. The molecule has 1 amide bonds. The molecule has 1 heterocycles. The number of anilines is 2. The molecule has 8 nitrogen and oxygen atoms in total. The molecule has 0 aliphatic heterocycles. The first kappa shape index (κ1) is 20.9. The molecule has 0 bridgehead atoms. The van der Waals surface area contributed by atoms with E-state index in [-0.39, 0.29) is 10.6 Å². The Bertz CT molecular complexity index is 1140. The minimum Gasteiger partial charge on any atom is -0.493 e. The summed E-state index contributed by atoms with van der Waals surface area (Å²) in [6.07, 6.45) is 0. The van der Waals surface area contributed by atoms with Gasteiger partial charge in [-0.25, -0.2) is 8.42 Å². The maximum atomic E-state index is 12.7. The standard InChI is InChI=1S/C19H18BrN3O5S/c1-3-27-18-8-7-14(11-16(18)20)23-29(25,26)15-6-4-5-13(10-15)21-19(24)17-9-12(2)28-22-17/h4-11,23H,3H2,1-2H3,(H,21,24). The van der Waals surface area contributed by atoms with Crippen LogP contribution in [-0.2, 0) is 10.0 Å². The van der Waals surface area contributed by atoms with Crippen LogP contribution < -0.4 is 14.8 Å². The van der Waals surface area contributed by atoms with Gasteiger partial charge in [0.2, 0.25) is 0 Å². The molecule has 0 radical (unpaired) electrons. The maximum Gasteiger partial charge on any atom is 0.277 e. The Labute approximate surface area is 176 Å². The number of carbonyl (C=O) groups excluding carboxylic acids is 1. The van der Waals surface area contributed by atoms with Crippen molar-refractivity contribution < 1.29 is 22.5 Å². The SMILES string of the molecule is CCOc1ccc(NS(=O)(=O)c2cccc(NC(=O)c3cc(C)on3)c2)cc1Br. The minimum atomic E-state index is -3.87. The molecule has 0 atom stereocenters. The molecule has 2 aromatic carbocycles. The quantitative estimate of drug-likeness (QED) is 0.525. The molecule has 3 aromatic rings. The van der Waals surface area contributed by atoms with Crippen LogP contribution >= 0.6 is 15.9 Å². The van der Waals surface area contributed by atoms with E-state index in [1.54, 1.807) is 31.2 Å². The number of benzene rings is 2. The van der Waals surface area contributed by atoms with E-state index < -0.39 is 15.9 Å². The lowest BCUT2D eigenvalue weighted by atomic mass is 10.3. The molecule has 2 N–H and O–H groups in total. The van der Waals surface area contributed by atoms with Gasteiger partial charge in [0, 0.05) is 11.8 Å². The van der Waals surface area contributed by atoms with Gasteiger partial charge in [-0.15, -0.1) is 0 Å². The number of hydrogen-bond acceptors (Lipinski definition) is 6. The van der Waals surface area contributed by atoms with Gasteiger partial charge in [0.1, 0.15) is 11.5 Å². The highest BCUT2D eigenvalue weighted by molar-refractivity contribution is 9.10. The average molecular weight is 480 g/mol. The number of nitrogens with one attached hydrogen (secondary N) is 2. The molecule has 10 heteroatoms. The summed E-state index contributed by atoms with van der Waals surface area (Å²) in [6.45, 7) is 4.02. The molecular weight excluding hydrogens is 462 g/mol. The highest BCUT2D eigenvalue weighted by Crippen LogP contribution is 2.29. The van der Waals surface area contributed by atoms with E-state index in [0.717, 1.165) is 0 Å². The van der Waals surface area contributed by atoms with Crippen molar-refractivity contribution in [2.24, 2.45) is 0 Å². The molecule has 0 fully saturated rings. The van der Waals surface area contributed by atoms with E-state index in [1.165, 1.54) is 24.3 Å². The van der Waals surface area contributed by atoms with Crippen molar-refractivity contribution in [1.29, 1.82) is 0 Å². The van der Waals surface area contributed by atoms with Crippen LogP contribution in [0.2, 0.25) is 0 Å². The normalized spacial score (nSPS) is 11.1. The molecule has 3 rings (SSSR count). The zero-order valence-corrected chi connectivity index (χ0v) is 18.0. The summed E-state index contributed by atoms with van der Waals surface area (Å²) >= 11 is 3.35. The summed E-state index contributed by atoms with van der Waals surface area (Å²) in [4.78, 5) is 12.2. The number of aryl methyl sites for hydroxylation is 1. The molecule has 0 spiro atoms. The van der Waals surface area contributed by atoms with Crippen molar-refractivity contribution in [1.82, 2.24) is 5.16 Å². The molecular formula is C19H18BrN3O5S. The molecule has 29 heavy (non-hydrogen) atoms. The Kier molecular flexibility index (Phi) is 6.23. The van der Waals surface area contributed by atoms with Crippen LogP contribution in [0.25, 0.3) is 0 Å². The Balaban J connectivity index is 1.78. The van der Waals surface area contributed by atoms with Gasteiger partial charge in [0.15, 0.2) is 5.69 Å².